The molecular formula is C27H30F8N2O5. The second-order valence-electron chi connectivity index (χ2n) is 9.11. The minimum absolute atomic E-state index is 0.0986. The molecule has 0 heterocycles. The van der Waals surface area contributed by atoms with Crippen molar-refractivity contribution in [2.75, 3.05) is 31.6 Å². The lowest BCUT2D eigenvalue weighted by molar-refractivity contribution is -0.355. The van der Waals surface area contributed by atoms with Gasteiger partial charge < -0.3 is 24.8 Å². The Bertz CT molecular complexity index is 1160. The number of benzene rings is 2. The molecular weight excluding hydrogens is 584 g/mol. The van der Waals surface area contributed by atoms with E-state index in [0.717, 1.165) is 11.0 Å². The topological polar surface area (TPSA) is 88.1 Å². The monoisotopic (exact) mass is 614 g/mol. The van der Waals surface area contributed by atoms with E-state index in [2.05, 4.69) is 5.32 Å². The third kappa shape index (κ3) is 9.74. The maximum atomic E-state index is 14.0. The van der Waals surface area contributed by atoms with Crippen LogP contribution in [0.4, 0.5) is 45.6 Å². The zero-order chi connectivity index (χ0) is 31.6. The second-order valence-corrected chi connectivity index (χ2v) is 9.11. The molecule has 0 aliphatic heterocycles. The molecule has 0 saturated carbocycles. The highest BCUT2D eigenvalue weighted by Crippen LogP contribution is 2.48. The van der Waals surface area contributed by atoms with E-state index >= 15 is 0 Å². The average Bonchev–Trinajstić information content (AvgIpc) is 2.91. The standard InChI is InChI=1S/C27H30F8N2O5/c1-2-41-22(23(38)39)17-18-9-11-19(12-10-18)42-16-15-37(24(40)36-21-8-4-3-7-20(21)28)14-6-5-13-25(29,30)26(31,32)27(33,34)35/h3-4,7-12,22H,2,5-6,13-17H2,1H3,(H,36,40)(H,38,39). The molecule has 2 amide bonds. The van der Waals surface area contributed by atoms with Crippen LogP contribution < -0.4 is 10.1 Å². The van der Waals surface area contributed by atoms with E-state index < -0.39 is 54.8 Å². The summed E-state index contributed by atoms with van der Waals surface area (Å²) in [5, 5.41) is 11.5. The Labute approximate surface area is 236 Å². The summed E-state index contributed by atoms with van der Waals surface area (Å²) >= 11 is 0. The number of aliphatic carboxylic acids is 1. The fraction of sp³-hybridized carbons (Fsp3) is 0.481. The van der Waals surface area contributed by atoms with Crippen molar-refractivity contribution in [2.45, 2.75) is 56.7 Å². The van der Waals surface area contributed by atoms with E-state index in [0.29, 0.717) is 11.3 Å². The van der Waals surface area contributed by atoms with E-state index in [4.69, 9.17) is 9.47 Å². The molecule has 2 rings (SSSR count). The Morgan fingerprint density at radius 3 is 2.17 bits per heavy atom. The molecule has 2 aromatic carbocycles. The minimum Gasteiger partial charge on any atom is -0.492 e. The molecule has 0 saturated heterocycles. The fourth-order valence-corrected chi connectivity index (χ4v) is 3.71. The van der Waals surface area contributed by atoms with Crippen molar-refractivity contribution in [1.29, 1.82) is 0 Å². The molecule has 7 nitrogen and oxygen atoms in total. The van der Waals surface area contributed by atoms with Crippen LogP contribution in [0, 0.1) is 5.82 Å². The number of alkyl halides is 7. The number of carbonyl (C=O) groups is 2. The van der Waals surface area contributed by atoms with Crippen molar-refractivity contribution in [3.8, 4) is 5.75 Å². The van der Waals surface area contributed by atoms with Crippen molar-refractivity contribution in [2.24, 2.45) is 0 Å². The lowest BCUT2D eigenvalue weighted by atomic mass is 10.0. The minimum atomic E-state index is -6.43. The quantitative estimate of drug-likeness (QED) is 0.161. The molecule has 0 aliphatic carbocycles. The van der Waals surface area contributed by atoms with E-state index in [9.17, 15) is 49.8 Å². The van der Waals surface area contributed by atoms with Crippen molar-refractivity contribution >= 4 is 17.7 Å². The number of anilines is 1. The summed E-state index contributed by atoms with van der Waals surface area (Å²) in [6.45, 7) is 1.17. The fourth-order valence-electron chi connectivity index (χ4n) is 3.71. The van der Waals surface area contributed by atoms with Gasteiger partial charge in [0.05, 0.1) is 12.2 Å². The number of hydrogen-bond acceptors (Lipinski definition) is 4. The third-order valence-electron chi connectivity index (χ3n) is 6.00. The number of hydrogen-bond donors (Lipinski definition) is 2. The van der Waals surface area contributed by atoms with Crippen LogP contribution in [0.2, 0.25) is 0 Å². The molecule has 1 unspecified atom stereocenters. The summed E-state index contributed by atoms with van der Waals surface area (Å²) in [5.74, 6) is -13.1. The Kier molecular flexibility index (Phi) is 12.4. The maximum absolute atomic E-state index is 14.0. The number of carboxylic acids is 1. The summed E-state index contributed by atoms with van der Waals surface area (Å²) < 4.78 is 115. The largest absolute Gasteiger partial charge is 0.492 e. The number of para-hydroxylation sites is 1. The van der Waals surface area contributed by atoms with Crippen LogP contribution in [0.15, 0.2) is 48.5 Å². The number of carboxylic acid groups (broad SMARTS) is 1. The van der Waals surface area contributed by atoms with E-state index in [1.807, 2.05) is 0 Å². The van der Waals surface area contributed by atoms with Gasteiger partial charge in [-0.25, -0.2) is 14.0 Å². The van der Waals surface area contributed by atoms with Crippen LogP contribution in [0.1, 0.15) is 31.7 Å². The van der Waals surface area contributed by atoms with Crippen molar-refractivity contribution < 1.29 is 59.3 Å². The molecule has 0 fully saturated rings. The molecule has 1 atom stereocenters. The van der Waals surface area contributed by atoms with Gasteiger partial charge in [0.1, 0.15) is 18.2 Å². The number of rotatable bonds is 16. The molecule has 2 N–H and O–H groups in total. The number of unbranched alkanes of at least 4 members (excludes halogenated alkanes) is 1. The first-order valence-electron chi connectivity index (χ1n) is 12.8. The van der Waals surface area contributed by atoms with Crippen molar-refractivity contribution in [3.63, 3.8) is 0 Å². The SMILES string of the molecule is CCOC(Cc1ccc(OCCN(CCCCC(F)(F)C(F)(F)C(F)(F)F)C(=O)Nc2ccccc2F)cc1)C(=O)O. The number of amides is 2. The average molecular weight is 615 g/mol. The molecule has 15 heteroatoms. The summed E-state index contributed by atoms with van der Waals surface area (Å²) in [6, 6.07) is 10.5. The number of carbonyl (C=O) groups excluding carboxylic acids is 1. The Morgan fingerprint density at radius 2 is 1.60 bits per heavy atom. The third-order valence-corrected chi connectivity index (χ3v) is 6.00. The predicted molar refractivity (Wildman–Crippen MR) is 135 cm³/mol. The first-order chi connectivity index (χ1) is 19.6. The van der Waals surface area contributed by atoms with Gasteiger partial charge in [-0.1, -0.05) is 24.3 Å². The zero-order valence-electron chi connectivity index (χ0n) is 22.4. The second kappa shape index (κ2) is 15.0. The predicted octanol–water partition coefficient (Wildman–Crippen LogP) is 6.77. The smallest absolute Gasteiger partial charge is 0.459 e. The van der Waals surface area contributed by atoms with Crippen LogP contribution in [0.25, 0.3) is 0 Å². The lowest BCUT2D eigenvalue weighted by Crippen LogP contribution is -2.51. The first-order valence-corrected chi connectivity index (χ1v) is 12.8. The van der Waals surface area contributed by atoms with Crippen LogP contribution in [0.5, 0.6) is 5.75 Å². The summed E-state index contributed by atoms with van der Waals surface area (Å²) in [6.07, 6.45) is -10.3. The van der Waals surface area contributed by atoms with Crippen LogP contribution >= 0.6 is 0 Å². The first kappa shape index (κ1) is 34.6. The van der Waals surface area contributed by atoms with Gasteiger partial charge in [-0.15, -0.1) is 0 Å². The number of halogens is 8. The van der Waals surface area contributed by atoms with Gasteiger partial charge in [0, 0.05) is 26.0 Å². The van der Waals surface area contributed by atoms with Gasteiger partial charge in [0.15, 0.2) is 6.10 Å². The highest BCUT2D eigenvalue weighted by molar-refractivity contribution is 5.89. The Morgan fingerprint density at radius 1 is 0.952 bits per heavy atom. The Hall–Kier alpha value is -3.62. The Balaban J connectivity index is 2.01. The van der Waals surface area contributed by atoms with Gasteiger partial charge in [-0.2, -0.15) is 30.7 Å². The van der Waals surface area contributed by atoms with Crippen molar-refractivity contribution in [3.05, 3.63) is 59.9 Å². The molecule has 0 spiro atoms. The molecule has 2 aromatic rings. The van der Waals surface area contributed by atoms with E-state index in [1.165, 1.54) is 30.3 Å². The summed E-state index contributed by atoms with van der Waals surface area (Å²) in [5.41, 5.74) is 0.439. The molecule has 234 valence electrons. The maximum Gasteiger partial charge on any atom is 0.459 e. The van der Waals surface area contributed by atoms with Gasteiger partial charge in [-0.05, 0) is 49.6 Å². The lowest BCUT2D eigenvalue weighted by Gasteiger charge is -2.28. The van der Waals surface area contributed by atoms with Crippen LogP contribution in [0.3, 0.4) is 0 Å². The molecule has 0 aromatic heterocycles. The highest BCUT2D eigenvalue weighted by Gasteiger charge is 2.72. The van der Waals surface area contributed by atoms with Crippen molar-refractivity contribution in [1.82, 2.24) is 4.90 Å². The normalized spacial score (nSPS) is 13.0. The summed E-state index contributed by atoms with van der Waals surface area (Å²) in [4.78, 5) is 25.0. The van der Waals surface area contributed by atoms with E-state index in [1.54, 1.807) is 19.1 Å². The number of nitrogens with one attached hydrogen (secondary N) is 1. The van der Waals surface area contributed by atoms with Gasteiger partial charge in [0.2, 0.25) is 0 Å². The van der Waals surface area contributed by atoms with Crippen LogP contribution in [-0.4, -0.2) is 72.4 Å². The zero-order valence-corrected chi connectivity index (χ0v) is 22.4. The van der Waals surface area contributed by atoms with E-state index in [-0.39, 0.29) is 44.8 Å². The molecule has 0 aliphatic rings. The highest BCUT2D eigenvalue weighted by atomic mass is 19.4. The van der Waals surface area contributed by atoms with Crippen LogP contribution in [-0.2, 0) is 16.0 Å². The van der Waals surface area contributed by atoms with Gasteiger partial charge >= 0.3 is 30.0 Å². The molecule has 42 heavy (non-hydrogen) atoms. The molecule has 0 radical (unpaired) electrons. The number of ether oxygens (including phenoxy) is 2. The number of nitrogens with zero attached hydrogens (tertiary/aromatic N) is 1. The summed E-state index contributed by atoms with van der Waals surface area (Å²) in [7, 11) is 0. The number of urea groups is 1. The molecule has 0 bridgehead atoms. The van der Waals surface area contributed by atoms with Gasteiger partial charge in [0.25, 0.3) is 0 Å². The van der Waals surface area contributed by atoms with Gasteiger partial charge in [-0.3, -0.25) is 0 Å².